The Hall–Kier alpha value is -1.29. The molecule has 2 rings (SSSR count). The van der Waals surface area contributed by atoms with Crippen molar-refractivity contribution in [2.24, 2.45) is 11.3 Å². The topological polar surface area (TPSA) is 54.0 Å². The summed E-state index contributed by atoms with van der Waals surface area (Å²) in [6.45, 7) is 7.87. The van der Waals surface area contributed by atoms with Crippen LogP contribution in [0.4, 0.5) is 5.82 Å². The summed E-state index contributed by atoms with van der Waals surface area (Å²) < 4.78 is 0. The molecule has 1 saturated carbocycles. The van der Waals surface area contributed by atoms with Crippen molar-refractivity contribution >= 4 is 23.3 Å². The molecule has 1 aromatic rings. The standard InChI is InChI=1S/C14H20ClN3O/c1-4-16-12-6-9(5-11(15)18-12)13(19)17-8-10-7-14(10,2)3/h5-6,10H,4,7-8H2,1-3H3,(H,16,18)(H,17,19). The fraction of sp³-hybridized carbons (Fsp3) is 0.571. The molecule has 1 aromatic heterocycles. The van der Waals surface area contributed by atoms with Crippen LogP contribution in [0.5, 0.6) is 0 Å². The van der Waals surface area contributed by atoms with Crippen molar-refractivity contribution in [1.29, 1.82) is 0 Å². The summed E-state index contributed by atoms with van der Waals surface area (Å²) in [6.07, 6.45) is 1.17. The summed E-state index contributed by atoms with van der Waals surface area (Å²) in [7, 11) is 0. The van der Waals surface area contributed by atoms with E-state index in [1.807, 2.05) is 6.92 Å². The molecular formula is C14H20ClN3O. The Morgan fingerprint density at radius 2 is 2.21 bits per heavy atom. The van der Waals surface area contributed by atoms with E-state index in [9.17, 15) is 4.79 Å². The van der Waals surface area contributed by atoms with Crippen LogP contribution in [0.15, 0.2) is 12.1 Å². The molecule has 5 heteroatoms. The van der Waals surface area contributed by atoms with Crippen LogP contribution >= 0.6 is 11.6 Å². The third-order valence-corrected chi connectivity index (χ3v) is 3.83. The van der Waals surface area contributed by atoms with Gasteiger partial charge in [-0.15, -0.1) is 0 Å². The van der Waals surface area contributed by atoms with Crippen LogP contribution in [0, 0.1) is 11.3 Å². The molecule has 2 N–H and O–H groups in total. The SMILES string of the molecule is CCNc1cc(C(=O)NCC2CC2(C)C)cc(Cl)n1. The van der Waals surface area contributed by atoms with Gasteiger partial charge in [0.2, 0.25) is 0 Å². The van der Waals surface area contributed by atoms with E-state index in [1.165, 1.54) is 6.42 Å². The van der Waals surface area contributed by atoms with Gasteiger partial charge in [-0.3, -0.25) is 4.79 Å². The van der Waals surface area contributed by atoms with E-state index in [4.69, 9.17) is 11.6 Å². The molecule has 0 spiro atoms. The molecule has 4 nitrogen and oxygen atoms in total. The number of pyridine rings is 1. The maximum atomic E-state index is 12.1. The first kappa shape index (κ1) is 14.1. The van der Waals surface area contributed by atoms with Gasteiger partial charge >= 0.3 is 0 Å². The largest absolute Gasteiger partial charge is 0.370 e. The van der Waals surface area contributed by atoms with Gasteiger partial charge in [0.05, 0.1) is 0 Å². The highest BCUT2D eigenvalue weighted by Gasteiger charge is 2.45. The first-order valence-corrected chi connectivity index (χ1v) is 7.00. The van der Waals surface area contributed by atoms with E-state index in [-0.39, 0.29) is 5.91 Å². The van der Waals surface area contributed by atoms with Crippen LogP contribution in [-0.2, 0) is 0 Å². The van der Waals surface area contributed by atoms with E-state index in [1.54, 1.807) is 12.1 Å². The molecule has 1 aliphatic carbocycles. The Kier molecular flexibility index (Phi) is 3.99. The molecule has 0 aromatic carbocycles. The maximum Gasteiger partial charge on any atom is 0.251 e. The van der Waals surface area contributed by atoms with Crippen molar-refractivity contribution in [3.8, 4) is 0 Å². The van der Waals surface area contributed by atoms with E-state index < -0.39 is 0 Å². The Balaban J connectivity index is 1.98. The van der Waals surface area contributed by atoms with Gasteiger partial charge in [0, 0.05) is 18.7 Å². The Labute approximate surface area is 118 Å². The highest BCUT2D eigenvalue weighted by atomic mass is 35.5. The fourth-order valence-electron chi connectivity index (χ4n) is 2.14. The highest BCUT2D eigenvalue weighted by molar-refractivity contribution is 6.29. The van der Waals surface area contributed by atoms with E-state index in [2.05, 4.69) is 29.5 Å². The lowest BCUT2D eigenvalue weighted by Gasteiger charge is -2.09. The Morgan fingerprint density at radius 1 is 1.53 bits per heavy atom. The van der Waals surface area contributed by atoms with Gasteiger partial charge in [-0.2, -0.15) is 0 Å². The smallest absolute Gasteiger partial charge is 0.251 e. The van der Waals surface area contributed by atoms with Crippen LogP contribution in [0.3, 0.4) is 0 Å². The number of hydrogen-bond acceptors (Lipinski definition) is 3. The molecule has 104 valence electrons. The van der Waals surface area contributed by atoms with Crippen LogP contribution in [0.1, 0.15) is 37.6 Å². The molecule has 0 bridgehead atoms. The number of nitrogens with one attached hydrogen (secondary N) is 2. The number of nitrogens with zero attached hydrogens (tertiary/aromatic N) is 1. The van der Waals surface area contributed by atoms with Crippen LogP contribution in [-0.4, -0.2) is 24.0 Å². The van der Waals surface area contributed by atoms with Crippen molar-refractivity contribution in [1.82, 2.24) is 10.3 Å². The minimum Gasteiger partial charge on any atom is -0.370 e. The lowest BCUT2D eigenvalue weighted by molar-refractivity contribution is 0.0950. The molecule has 1 heterocycles. The second-order valence-corrected chi connectivity index (χ2v) is 6.08. The molecular weight excluding hydrogens is 262 g/mol. The molecule has 0 saturated heterocycles. The molecule has 0 aliphatic heterocycles. The summed E-state index contributed by atoms with van der Waals surface area (Å²) in [4.78, 5) is 16.2. The van der Waals surface area contributed by atoms with E-state index >= 15 is 0 Å². The average molecular weight is 282 g/mol. The Morgan fingerprint density at radius 3 is 2.79 bits per heavy atom. The van der Waals surface area contributed by atoms with Crippen molar-refractivity contribution in [3.05, 3.63) is 22.8 Å². The quantitative estimate of drug-likeness (QED) is 0.816. The molecule has 1 unspecified atom stereocenters. The number of rotatable bonds is 5. The van der Waals surface area contributed by atoms with Gasteiger partial charge in [0.15, 0.2) is 0 Å². The zero-order chi connectivity index (χ0) is 14.0. The first-order chi connectivity index (χ1) is 8.92. The van der Waals surface area contributed by atoms with E-state index in [0.29, 0.717) is 27.9 Å². The van der Waals surface area contributed by atoms with Crippen molar-refractivity contribution in [2.75, 3.05) is 18.4 Å². The van der Waals surface area contributed by atoms with Gasteiger partial charge in [0.25, 0.3) is 5.91 Å². The highest BCUT2D eigenvalue weighted by Crippen LogP contribution is 2.50. The van der Waals surface area contributed by atoms with Crippen molar-refractivity contribution in [3.63, 3.8) is 0 Å². The van der Waals surface area contributed by atoms with E-state index in [0.717, 1.165) is 13.1 Å². The minimum atomic E-state index is -0.0915. The Bertz CT molecular complexity index is 488. The lowest BCUT2D eigenvalue weighted by atomic mass is 10.1. The summed E-state index contributed by atoms with van der Waals surface area (Å²) in [6, 6.07) is 3.32. The average Bonchev–Trinajstić information content (AvgIpc) is 2.94. The van der Waals surface area contributed by atoms with Crippen molar-refractivity contribution < 1.29 is 4.79 Å². The predicted octanol–water partition coefficient (Wildman–Crippen LogP) is 2.94. The van der Waals surface area contributed by atoms with Gasteiger partial charge in [0.1, 0.15) is 11.0 Å². The molecule has 19 heavy (non-hydrogen) atoms. The number of carbonyl (C=O) groups excluding carboxylic acids is 1. The third kappa shape index (κ3) is 3.60. The number of amides is 1. The molecule has 0 radical (unpaired) electrons. The molecule has 1 fully saturated rings. The fourth-order valence-corrected chi connectivity index (χ4v) is 2.35. The zero-order valence-electron chi connectivity index (χ0n) is 11.6. The number of hydrogen-bond donors (Lipinski definition) is 2. The van der Waals surface area contributed by atoms with Gasteiger partial charge in [-0.1, -0.05) is 25.4 Å². The normalized spacial score (nSPS) is 19.9. The second kappa shape index (κ2) is 5.37. The summed E-state index contributed by atoms with van der Waals surface area (Å²) >= 11 is 5.92. The van der Waals surface area contributed by atoms with Crippen LogP contribution in [0.25, 0.3) is 0 Å². The second-order valence-electron chi connectivity index (χ2n) is 5.69. The molecule has 1 atom stereocenters. The predicted molar refractivity (Wildman–Crippen MR) is 77.6 cm³/mol. The van der Waals surface area contributed by atoms with Crippen LogP contribution < -0.4 is 10.6 Å². The van der Waals surface area contributed by atoms with Gasteiger partial charge < -0.3 is 10.6 Å². The van der Waals surface area contributed by atoms with Gasteiger partial charge in [-0.25, -0.2) is 4.98 Å². The number of halogens is 1. The van der Waals surface area contributed by atoms with Gasteiger partial charge in [-0.05, 0) is 36.8 Å². The summed E-state index contributed by atoms with van der Waals surface area (Å²) in [5, 5.41) is 6.35. The first-order valence-electron chi connectivity index (χ1n) is 6.62. The summed E-state index contributed by atoms with van der Waals surface area (Å²) in [5.41, 5.74) is 0.923. The summed E-state index contributed by atoms with van der Waals surface area (Å²) in [5.74, 6) is 1.13. The molecule has 1 amide bonds. The van der Waals surface area contributed by atoms with Crippen molar-refractivity contribution in [2.45, 2.75) is 27.2 Å². The maximum absolute atomic E-state index is 12.1. The molecule has 1 aliphatic rings. The number of anilines is 1. The number of carbonyl (C=O) groups is 1. The monoisotopic (exact) mass is 281 g/mol. The zero-order valence-corrected chi connectivity index (χ0v) is 12.3. The minimum absolute atomic E-state index is 0.0915. The van der Waals surface area contributed by atoms with Crippen LogP contribution in [0.2, 0.25) is 5.15 Å². The third-order valence-electron chi connectivity index (χ3n) is 3.64. The number of aromatic nitrogens is 1. The lowest BCUT2D eigenvalue weighted by Crippen LogP contribution is -2.26.